The minimum Gasteiger partial charge on any atom is -0.507 e. The summed E-state index contributed by atoms with van der Waals surface area (Å²) in [7, 11) is 0. The lowest BCUT2D eigenvalue weighted by atomic mass is 10.1. The van der Waals surface area contributed by atoms with Crippen LogP contribution in [0.5, 0.6) is 5.75 Å². The topological polar surface area (TPSA) is 91.3 Å². The van der Waals surface area contributed by atoms with Gasteiger partial charge in [-0.05, 0) is 12.1 Å². The number of rotatable bonds is 2. The summed E-state index contributed by atoms with van der Waals surface area (Å²) in [6.07, 6.45) is 1.09. The lowest BCUT2D eigenvalue weighted by molar-refractivity contribution is 0.0990. The summed E-state index contributed by atoms with van der Waals surface area (Å²) in [4.78, 5) is 15.0. The van der Waals surface area contributed by atoms with Gasteiger partial charge in [0, 0.05) is 11.6 Å². The molecule has 0 aliphatic heterocycles. The SMILES string of the molecule is [NH]C(=O)c1c(O)cc(-c2cccc(F)c2F)n2ncnc12. The molecule has 1 aromatic carbocycles. The Hall–Kier alpha value is -3.03. The number of hydrogen-bond donors (Lipinski definition) is 1. The Morgan fingerprint density at radius 3 is 2.81 bits per heavy atom. The first-order chi connectivity index (χ1) is 10.0. The van der Waals surface area contributed by atoms with Crippen molar-refractivity contribution in [2.45, 2.75) is 0 Å². The van der Waals surface area contributed by atoms with Gasteiger partial charge >= 0.3 is 0 Å². The Kier molecular flexibility index (Phi) is 2.79. The summed E-state index contributed by atoms with van der Waals surface area (Å²) < 4.78 is 28.3. The molecule has 2 heterocycles. The number of carbonyl (C=O) groups excluding carboxylic acids is 1. The molecule has 1 radical (unpaired) electrons. The van der Waals surface area contributed by atoms with Crippen LogP contribution in [-0.2, 0) is 0 Å². The Labute approximate surface area is 116 Å². The van der Waals surface area contributed by atoms with E-state index in [1.165, 1.54) is 12.1 Å². The van der Waals surface area contributed by atoms with Gasteiger partial charge in [0.2, 0.25) is 0 Å². The van der Waals surface area contributed by atoms with E-state index in [1.54, 1.807) is 0 Å². The van der Waals surface area contributed by atoms with Crippen LogP contribution in [0.1, 0.15) is 10.4 Å². The van der Waals surface area contributed by atoms with Crippen LogP contribution in [0.3, 0.4) is 0 Å². The molecule has 2 aromatic heterocycles. The van der Waals surface area contributed by atoms with Gasteiger partial charge < -0.3 is 5.11 Å². The molecule has 2 N–H and O–H groups in total. The Balaban J connectivity index is 2.40. The summed E-state index contributed by atoms with van der Waals surface area (Å²) in [5.41, 5.74) is 6.53. The number of aromatic hydroxyl groups is 1. The van der Waals surface area contributed by atoms with Crippen molar-refractivity contribution in [1.82, 2.24) is 20.3 Å². The smallest absolute Gasteiger partial charge is 0.277 e. The number of aromatic nitrogens is 3. The van der Waals surface area contributed by atoms with Gasteiger partial charge in [-0.1, -0.05) is 6.07 Å². The highest BCUT2D eigenvalue weighted by Gasteiger charge is 2.21. The van der Waals surface area contributed by atoms with Gasteiger partial charge in [-0.25, -0.2) is 18.3 Å². The highest BCUT2D eigenvalue weighted by molar-refractivity contribution is 6.01. The molecule has 3 rings (SSSR count). The lowest BCUT2D eigenvalue weighted by Gasteiger charge is -2.09. The highest BCUT2D eigenvalue weighted by Crippen LogP contribution is 2.31. The van der Waals surface area contributed by atoms with Crippen molar-refractivity contribution in [3.05, 3.63) is 47.8 Å². The van der Waals surface area contributed by atoms with Crippen molar-refractivity contribution in [2.24, 2.45) is 0 Å². The maximum Gasteiger partial charge on any atom is 0.277 e. The van der Waals surface area contributed by atoms with Gasteiger partial charge in [-0.2, -0.15) is 5.10 Å². The van der Waals surface area contributed by atoms with E-state index >= 15 is 0 Å². The third kappa shape index (κ3) is 1.88. The zero-order chi connectivity index (χ0) is 15.1. The molecule has 0 aliphatic carbocycles. The summed E-state index contributed by atoms with van der Waals surface area (Å²) in [6.45, 7) is 0. The molecule has 0 aliphatic rings. The molecule has 0 fully saturated rings. The number of amides is 1. The number of pyridine rings is 1. The predicted octanol–water partition coefficient (Wildman–Crippen LogP) is 1.80. The number of hydrogen-bond acceptors (Lipinski definition) is 4. The van der Waals surface area contributed by atoms with Crippen LogP contribution in [-0.4, -0.2) is 25.6 Å². The van der Waals surface area contributed by atoms with Crippen LogP contribution >= 0.6 is 0 Å². The summed E-state index contributed by atoms with van der Waals surface area (Å²) in [5, 5.41) is 13.7. The Bertz CT molecular complexity index is 876. The van der Waals surface area contributed by atoms with E-state index in [1.807, 2.05) is 0 Å². The molecule has 0 saturated heterocycles. The second kappa shape index (κ2) is 4.51. The molecule has 6 nitrogen and oxygen atoms in total. The van der Waals surface area contributed by atoms with Crippen molar-refractivity contribution < 1.29 is 18.7 Å². The molecule has 105 valence electrons. The van der Waals surface area contributed by atoms with Crippen LogP contribution in [0.15, 0.2) is 30.6 Å². The zero-order valence-electron chi connectivity index (χ0n) is 10.3. The summed E-state index contributed by atoms with van der Waals surface area (Å²) >= 11 is 0. The fourth-order valence-electron chi connectivity index (χ4n) is 2.08. The normalized spacial score (nSPS) is 11.0. The second-order valence-corrected chi connectivity index (χ2v) is 4.22. The average molecular weight is 289 g/mol. The van der Waals surface area contributed by atoms with E-state index in [-0.39, 0.29) is 22.5 Å². The monoisotopic (exact) mass is 289 g/mol. The first kappa shape index (κ1) is 13.0. The Morgan fingerprint density at radius 2 is 2.10 bits per heavy atom. The number of nitrogens with one attached hydrogen (secondary N) is 1. The van der Waals surface area contributed by atoms with Crippen molar-refractivity contribution in [2.75, 3.05) is 0 Å². The fourth-order valence-corrected chi connectivity index (χ4v) is 2.08. The predicted molar refractivity (Wildman–Crippen MR) is 67.4 cm³/mol. The van der Waals surface area contributed by atoms with Crippen LogP contribution in [0.2, 0.25) is 0 Å². The summed E-state index contributed by atoms with van der Waals surface area (Å²) in [6, 6.07) is 4.60. The first-order valence-electron chi connectivity index (χ1n) is 5.76. The standard InChI is InChI=1S/C13H7F2N4O2/c14-7-3-1-2-6(11(7)15)8-4-9(20)10(12(16)21)13-17-5-18-19(8)13/h1-5,16,20H. The maximum atomic E-state index is 13.9. The van der Waals surface area contributed by atoms with Crippen LogP contribution in [0.25, 0.3) is 16.9 Å². The average Bonchev–Trinajstić information content (AvgIpc) is 2.89. The molecule has 0 unspecified atom stereocenters. The summed E-state index contributed by atoms with van der Waals surface area (Å²) in [5.74, 6) is -3.87. The van der Waals surface area contributed by atoms with Crippen LogP contribution in [0, 0.1) is 11.6 Å². The van der Waals surface area contributed by atoms with E-state index in [0.29, 0.717) is 0 Å². The fraction of sp³-hybridized carbons (Fsp3) is 0. The van der Waals surface area contributed by atoms with E-state index in [9.17, 15) is 18.7 Å². The number of benzene rings is 1. The molecule has 3 aromatic rings. The largest absolute Gasteiger partial charge is 0.507 e. The minimum atomic E-state index is -1.16. The molecule has 8 heteroatoms. The second-order valence-electron chi connectivity index (χ2n) is 4.22. The molecule has 0 atom stereocenters. The molecule has 0 saturated carbocycles. The van der Waals surface area contributed by atoms with Gasteiger partial charge in [0.25, 0.3) is 5.91 Å². The molecular weight excluding hydrogens is 282 g/mol. The van der Waals surface area contributed by atoms with Crippen molar-refractivity contribution in [3.63, 3.8) is 0 Å². The third-order valence-electron chi connectivity index (χ3n) is 2.98. The number of halogens is 2. The zero-order valence-corrected chi connectivity index (χ0v) is 10.3. The number of carbonyl (C=O) groups is 1. The van der Waals surface area contributed by atoms with Gasteiger partial charge in [0.05, 0.1) is 5.69 Å². The third-order valence-corrected chi connectivity index (χ3v) is 2.98. The Morgan fingerprint density at radius 1 is 1.33 bits per heavy atom. The van der Waals surface area contributed by atoms with Crippen LogP contribution in [0.4, 0.5) is 8.78 Å². The van der Waals surface area contributed by atoms with Gasteiger partial charge in [0.1, 0.15) is 17.6 Å². The van der Waals surface area contributed by atoms with E-state index in [0.717, 1.165) is 23.0 Å². The van der Waals surface area contributed by atoms with E-state index < -0.39 is 23.3 Å². The van der Waals surface area contributed by atoms with Gasteiger partial charge in [0.15, 0.2) is 17.3 Å². The molecule has 1 amide bonds. The number of nitrogens with zero attached hydrogens (tertiary/aromatic N) is 3. The van der Waals surface area contributed by atoms with Crippen molar-refractivity contribution in [1.29, 1.82) is 0 Å². The quantitative estimate of drug-likeness (QED) is 0.778. The molecule has 0 bridgehead atoms. The van der Waals surface area contributed by atoms with Crippen LogP contribution < -0.4 is 5.73 Å². The maximum absolute atomic E-state index is 13.9. The molecule has 0 spiro atoms. The number of fused-ring (bicyclic) bond motifs is 1. The van der Waals surface area contributed by atoms with Gasteiger partial charge in [-0.15, -0.1) is 0 Å². The van der Waals surface area contributed by atoms with E-state index in [4.69, 9.17) is 5.73 Å². The highest BCUT2D eigenvalue weighted by atomic mass is 19.2. The first-order valence-corrected chi connectivity index (χ1v) is 5.76. The minimum absolute atomic E-state index is 0.0157. The van der Waals surface area contributed by atoms with Crippen molar-refractivity contribution >= 4 is 11.6 Å². The lowest BCUT2D eigenvalue weighted by Crippen LogP contribution is -2.06. The van der Waals surface area contributed by atoms with E-state index in [2.05, 4.69) is 10.1 Å². The van der Waals surface area contributed by atoms with Gasteiger partial charge in [-0.3, -0.25) is 10.5 Å². The van der Waals surface area contributed by atoms with Crippen molar-refractivity contribution in [3.8, 4) is 17.0 Å². The molecule has 21 heavy (non-hydrogen) atoms. The molecular formula is C13H7F2N4O2.